The molecule has 1 aliphatic rings. The van der Waals surface area contributed by atoms with Gasteiger partial charge >= 0.3 is 0 Å². The number of hydrogen-bond acceptors (Lipinski definition) is 2. The van der Waals surface area contributed by atoms with Gasteiger partial charge in [-0.3, -0.25) is 4.68 Å². The Morgan fingerprint density at radius 1 is 1.32 bits per heavy atom. The summed E-state index contributed by atoms with van der Waals surface area (Å²) in [4.78, 5) is 0. The maximum Gasteiger partial charge on any atom is 0.0635 e. The highest BCUT2D eigenvalue weighted by atomic mass is 79.9. The van der Waals surface area contributed by atoms with Gasteiger partial charge in [-0.15, -0.1) is 0 Å². The summed E-state index contributed by atoms with van der Waals surface area (Å²) in [6.07, 6.45) is 8.74. The molecule has 0 radical (unpaired) electrons. The van der Waals surface area contributed by atoms with Crippen molar-refractivity contribution in [1.82, 2.24) is 15.1 Å². The molecule has 4 heteroatoms. The normalized spacial score (nSPS) is 24.4. The fourth-order valence-electron chi connectivity index (χ4n) is 3.31. The van der Waals surface area contributed by atoms with Gasteiger partial charge in [0.25, 0.3) is 0 Å². The SMILES string of the molecule is CCNCC1CCCCCC1c1c(Br)cnn1CC. The summed E-state index contributed by atoms with van der Waals surface area (Å²) in [5.74, 6) is 1.40. The van der Waals surface area contributed by atoms with Crippen LogP contribution in [0.2, 0.25) is 0 Å². The van der Waals surface area contributed by atoms with Crippen molar-refractivity contribution in [3.63, 3.8) is 0 Å². The summed E-state index contributed by atoms with van der Waals surface area (Å²) < 4.78 is 3.38. The van der Waals surface area contributed by atoms with Gasteiger partial charge in [0.15, 0.2) is 0 Å². The lowest BCUT2D eigenvalue weighted by molar-refractivity contribution is 0.360. The number of aryl methyl sites for hydroxylation is 1. The van der Waals surface area contributed by atoms with Crippen LogP contribution in [0, 0.1) is 5.92 Å². The zero-order valence-corrected chi connectivity index (χ0v) is 13.7. The lowest BCUT2D eigenvalue weighted by Crippen LogP contribution is -2.28. The van der Waals surface area contributed by atoms with Crippen molar-refractivity contribution in [2.45, 2.75) is 58.4 Å². The Balaban J connectivity index is 2.23. The van der Waals surface area contributed by atoms with E-state index in [4.69, 9.17) is 0 Å². The molecule has 19 heavy (non-hydrogen) atoms. The van der Waals surface area contributed by atoms with Crippen LogP contribution in [-0.4, -0.2) is 22.9 Å². The summed E-state index contributed by atoms with van der Waals surface area (Å²) in [6, 6.07) is 0. The van der Waals surface area contributed by atoms with Crippen LogP contribution in [0.25, 0.3) is 0 Å². The van der Waals surface area contributed by atoms with Gasteiger partial charge in [-0.1, -0.05) is 26.2 Å². The van der Waals surface area contributed by atoms with Gasteiger partial charge < -0.3 is 5.32 Å². The highest BCUT2D eigenvalue weighted by Gasteiger charge is 2.29. The van der Waals surface area contributed by atoms with Crippen LogP contribution in [-0.2, 0) is 6.54 Å². The Morgan fingerprint density at radius 3 is 2.84 bits per heavy atom. The number of aromatic nitrogens is 2. The van der Waals surface area contributed by atoms with Crippen LogP contribution in [0.4, 0.5) is 0 Å². The molecule has 1 N–H and O–H groups in total. The molecule has 0 spiro atoms. The third-order valence-electron chi connectivity index (χ3n) is 4.30. The molecule has 1 fully saturated rings. The zero-order valence-electron chi connectivity index (χ0n) is 12.2. The lowest BCUT2D eigenvalue weighted by atomic mass is 9.85. The first-order chi connectivity index (χ1) is 9.27. The molecule has 2 rings (SSSR count). The summed E-state index contributed by atoms with van der Waals surface area (Å²) in [5, 5.41) is 8.05. The standard InChI is InChI=1S/C15H26BrN3/c1-3-17-10-12-8-6-5-7-9-13(12)15-14(16)11-18-19(15)4-2/h11-13,17H,3-10H2,1-2H3. The quantitative estimate of drug-likeness (QED) is 0.830. The number of rotatable bonds is 5. The fourth-order valence-corrected chi connectivity index (χ4v) is 3.90. The first-order valence-electron chi connectivity index (χ1n) is 7.69. The van der Waals surface area contributed by atoms with E-state index in [1.807, 2.05) is 6.20 Å². The Kier molecular flexibility index (Phi) is 5.89. The maximum atomic E-state index is 4.50. The van der Waals surface area contributed by atoms with E-state index in [2.05, 4.69) is 44.9 Å². The van der Waals surface area contributed by atoms with Gasteiger partial charge in [0.2, 0.25) is 0 Å². The Morgan fingerprint density at radius 2 is 2.11 bits per heavy atom. The summed E-state index contributed by atoms with van der Waals surface area (Å²) in [5.41, 5.74) is 1.42. The van der Waals surface area contributed by atoms with Gasteiger partial charge in [-0.05, 0) is 54.7 Å². The minimum Gasteiger partial charge on any atom is -0.317 e. The third kappa shape index (κ3) is 3.60. The summed E-state index contributed by atoms with van der Waals surface area (Å²) >= 11 is 3.71. The summed E-state index contributed by atoms with van der Waals surface area (Å²) in [7, 11) is 0. The largest absolute Gasteiger partial charge is 0.317 e. The predicted octanol–water partition coefficient (Wildman–Crippen LogP) is 3.94. The van der Waals surface area contributed by atoms with Gasteiger partial charge in [-0.2, -0.15) is 5.10 Å². The molecule has 0 aliphatic heterocycles. The third-order valence-corrected chi connectivity index (χ3v) is 4.91. The molecule has 1 aromatic heterocycles. The molecule has 1 saturated carbocycles. The smallest absolute Gasteiger partial charge is 0.0635 e. The van der Waals surface area contributed by atoms with Crippen LogP contribution in [0.5, 0.6) is 0 Å². The van der Waals surface area contributed by atoms with Crippen molar-refractivity contribution < 1.29 is 0 Å². The highest BCUT2D eigenvalue weighted by molar-refractivity contribution is 9.10. The summed E-state index contributed by atoms with van der Waals surface area (Å²) in [6.45, 7) is 7.54. The number of nitrogens with one attached hydrogen (secondary N) is 1. The molecule has 0 amide bonds. The first-order valence-corrected chi connectivity index (χ1v) is 8.49. The minimum absolute atomic E-state index is 0.651. The molecule has 1 heterocycles. The predicted molar refractivity (Wildman–Crippen MR) is 83.5 cm³/mol. The molecule has 1 aliphatic carbocycles. The minimum atomic E-state index is 0.651. The molecule has 2 atom stereocenters. The van der Waals surface area contributed by atoms with Crippen LogP contribution in [0.1, 0.15) is 57.6 Å². The Bertz CT molecular complexity index is 389. The van der Waals surface area contributed by atoms with E-state index in [1.165, 1.54) is 42.3 Å². The number of halogens is 1. The molecule has 108 valence electrons. The van der Waals surface area contributed by atoms with E-state index in [0.717, 1.165) is 25.6 Å². The van der Waals surface area contributed by atoms with Crippen molar-refractivity contribution in [2.24, 2.45) is 5.92 Å². The van der Waals surface area contributed by atoms with Crippen molar-refractivity contribution in [3.8, 4) is 0 Å². The molecule has 0 saturated heterocycles. The van der Waals surface area contributed by atoms with E-state index in [-0.39, 0.29) is 0 Å². The Labute approximate surface area is 125 Å². The van der Waals surface area contributed by atoms with E-state index in [0.29, 0.717) is 5.92 Å². The second-order valence-corrected chi connectivity index (χ2v) is 6.36. The van der Waals surface area contributed by atoms with Crippen molar-refractivity contribution in [1.29, 1.82) is 0 Å². The molecule has 3 nitrogen and oxygen atoms in total. The molecule has 2 unspecified atom stereocenters. The van der Waals surface area contributed by atoms with Gasteiger partial charge in [0.05, 0.1) is 16.4 Å². The van der Waals surface area contributed by atoms with E-state index < -0.39 is 0 Å². The van der Waals surface area contributed by atoms with Crippen LogP contribution in [0.3, 0.4) is 0 Å². The van der Waals surface area contributed by atoms with E-state index in [9.17, 15) is 0 Å². The van der Waals surface area contributed by atoms with E-state index in [1.54, 1.807) is 0 Å². The second-order valence-electron chi connectivity index (χ2n) is 5.51. The van der Waals surface area contributed by atoms with Gasteiger partial charge in [0, 0.05) is 12.5 Å². The van der Waals surface area contributed by atoms with Gasteiger partial charge in [-0.25, -0.2) is 0 Å². The van der Waals surface area contributed by atoms with Gasteiger partial charge in [0.1, 0.15) is 0 Å². The molecular formula is C15H26BrN3. The maximum absolute atomic E-state index is 4.50. The Hall–Kier alpha value is -0.350. The molecule has 0 bridgehead atoms. The first kappa shape index (κ1) is 15.0. The number of hydrogen-bond donors (Lipinski definition) is 1. The second kappa shape index (κ2) is 7.44. The van der Waals surface area contributed by atoms with Crippen LogP contribution >= 0.6 is 15.9 Å². The van der Waals surface area contributed by atoms with Crippen LogP contribution < -0.4 is 5.32 Å². The van der Waals surface area contributed by atoms with Crippen LogP contribution in [0.15, 0.2) is 10.7 Å². The highest BCUT2D eigenvalue weighted by Crippen LogP contribution is 2.39. The lowest BCUT2D eigenvalue weighted by Gasteiger charge is -2.26. The average molecular weight is 328 g/mol. The average Bonchev–Trinajstić information content (AvgIpc) is 2.65. The number of nitrogens with zero attached hydrogens (tertiary/aromatic N) is 2. The topological polar surface area (TPSA) is 29.9 Å². The monoisotopic (exact) mass is 327 g/mol. The van der Waals surface area contributed by atoms with Crippen molar-refractivity contribution >= 4 is 15.9 Å². The molecule has 0 aromatic carbocycles. The van der Waals surface area contributed by atoms with E-state index >= 15 is 0 Å². The van der Waals surface area contributed by atoms with Crippen molar-refractivity contribution in [2.75, 3.05) is 13.1 Å². The zero-order chi connectivity index (χ0) is 13.7. The van der Waals surface area contributed by atoms with Crippen molar-refractivity contribution in [3.05, 3.63) is 16.4 Å². The fraction of sp³-hybridized carbons (Fsp3) is 0.800. The molecule has 1 aromatic rings. The molecular weight excluding hydrogens is 302 g/mol.